The molecule has 0 fully saturated rings. The lowest BCUT2D eigenvalue weighted by molar-refractivity contribution is -0.112. The predicted molar refractivity (Wildman–Crippen MR) is 162 cm³/mol. The minimum Gasteiger partial charge on any atom is -0.493 e. The maximum absolute atomic E-state index is 12.8. The highest BCUT2D eigenvalue weighted by Crippen LogP contribution is 2.28. The molecule has 0 aliphatic rings. The highest BCUT2D eigenvalue weighted by Gasteiger charge is 2.20. The van der Waals surface area contributed by atoms with Gasteiger partial charge in [0.05, 0.1) is 35.7 Å². The van der Waals surface area contributed by atoms with E-state index in [9.17, 15) is 9.59 Å². The molecule has 0 saturated heterocycles. The number of nitrogens with one attached hydrogen (secondary N) is 3. The van der Waals surface area contributed by atoms with Gasteiger partial charge in [0, 0.05) is 41.5 Å². The summed E-state index contributed by atoms with van der Waals surface area (Å²) in [6.45, 7) is 6.24. The first-order valence-corrected chi connectivity index (χ1v) is 13.0. The van der Waals surface area contributed by atoms with Gasteiger partial charge in [-0.3, -0.25) is 14.6 Å². The summed E-state index contributed by atoms with van der Waals surface area (Å²) in [6, 6.07) is 19.0. The van der Waals surface area contributed by atoms with E-state index >= 15 is 0 Å². The van der Waals surface area contributed by atoms with E-state index in [0.29, 0.717) is 30.1 Å². The van der Waals surface area contributed by atoms with Gasteiger partial charge in [-0.1, -0.05) is 44.2 Å². The number of aromatic nitrogens is 2. The van der Waals surface area contributed by atoms with Gasteiger partial charge in [-0.05, 0) is 50.0 Å². The average Bonchev–Trinajstić information content (AvgIpc) is 3.34. The van der Waals surface area contributed by atoms with Gasteiger partial charge >= 0.3 is 0 Å². The van der Waals surface area contributed by atoms with Crippen molar-refractivity contribution in [3.63, 3.8) is 0 Å². The fourth-order valence-electron chi connectivity index (χ4n) is 4.50. The number of aromatic amines is 2. The molecule has 2 aromatic carbocycles. The molecule has 2 aromatic heterocycles. The molecule has 0 radical (unpaired) electrons. The van der Waals surface area contributed by atoms with Crippen LogP contribution >= 0.6 is 0 Å². The Labute approximate surface area is 233 Å². The van der Waals surface area contributed by atoms with E-state index in [1.807, 2.05) is 68.7 Å². The van der Waals surface area contributed by atoms with Gasteiger partial charge in [0.25, 0.3) is 11.5 Å². The van der Waals surface area contributed by atoms with Crippen molar-refractivity contribution in [1.29, 1.82) is 0 Å². The Morgan fingerprint density at radius 1 is 1.12 bits per heavy atom. The van der Waals surface area contributed by atoms with Crippen molar-refractivity contribution in [1.82, 2.24) is 14.9 Å². The van der Waals surface area contributed by atoms with Crippen LogP contribution in [0.3, 0.4) is 0 Å². The maximum atomic E-state index is 12.8. The molecule has 4 aromatic rings. The van der Waals surface area contributed by atoms with Crippen molar-refractivity contribution in [3.05, 3.63) is 94.6 Å². The summed E-state index contributed by atoms with van der Waals surface area (Å²) in [7, 11) is 4.10. The minimum atomic E-state index is -0.437. The summed E-state index contributed by atoms with van der Waals surface area (Å²) < 4.78 is 6.09. The number of carbonyl (C=O) groups is 1. The van der Waals surface area contributed by atoms with Gasteiger partial charge in [-0.25, -0.2) is 0 Å². The molecular formula is C31H36N6O3. The Morgan fingerprint density at radius 2 is 1.90 bits per heavy atom. The Kier molecular flexibility index (Phi) is 8.86. The molecular weight excluding hydrogens is 504 g/mol. The Hall–Kier alpha value is -4.63. The Bertz CT molecular complexity index is 1580. The maximum Gasteiger partial charge on any atom is 0.258 e. The van der Waals surface area contributed by atoms with Crippen molar-refractivity contribution in [2.45, 2.75) is 20.4 Å². The molecule has 208 valence electrons. The molecule has 9 heteroatoms. The number of nitrogens with two attached hydrogens (primary N) is 1. The summed E-state index contributed by atoms with van der Waals surface area (Å²) in [5, 5.41) is 3.69. The topological polar surface area (TPSA) is 129 Å². The first-order valence-electron chi connectivity index (χ1n) is 13.0. The van der Waals surface area contributed by atoms with Gasteiger partial charge in [0.15, 0.2) is 0 Å². The van der Waals surface area contributed by atoms with Crippen LogP contribution in [0.1, 0.15) is 19.4 Å². The third-order valence-corrected chi connectivity index (χ3v) is 6.21. The molecule has 1 amide bonds. The second-order valence-corrected chi connectivity index (χ2v) is 10.8. The fraction of sp³-hybridized carbons (Fsp3) is 0.258. The average molecular weight is 541 g/mol. The highest BCUT2D eigenvalue weighted by atomic mass is 16.5. The first kappa shape index (κ1) is 28.4. The van der Waals surface area contributed by atoms with Crippen molar-refractivity contribution < 1.29 is 9.53 Å². The molecule has 9 nitrogen and oxygen atoms in total. The molecule has 4 rings (SSSR count). The molecule has 0 unspecified atom stereocenters. The number of rotatable bonds is 11. The number of ether oxygens (including phenoxy) is 1. The zero-order chi connectivity index (χ0) is 28.7. The number of hydrogen-bond acceptors (Lipinski definition) is 6. The summed E-state index contributed by atoms with van der Waals surface area (Å²) >= 11 is 0. The predicted octanol–water partition coefficient (Wildman–Crippen LogP) is 4.54. The lowest BCUT2D eigenvalue weighted by Crippen LogP contribution is -2.33. The van der Waals surface area contributed by atoms with E-state index in [4.69, 9.17) is 10.5 Å². The Morgan fingerprint density at radius 3 is 2.62 bits per heavy atom. The van der Waals surface area contributed by atoms with Crippen LogP contribution in [0.25, 0.3) is 22.2 Å². The fourth-order valence-corrected chi connectivity index (χ4v) is 4.50. The minimum absolute atomic E-state index is 0.00731. The van der Waals surface area contributed by atoms with Gasteiger partial charge in [-0.2, -0.15) is 0 Å². The van der Waals surface area contributed by atoms with Crippen LogP contribution in [0.4, 0.5) is 5.69 Å². The normalized spacial score (nSPS) is 12.4. The number of amides is 1. The molecule has 5 N–H and O–H groups in total. The number of aliphatic imine (C=N–C) groups is 1. The number of fused-ring (bicyclic) bond motifs is 1. The molecule has 0 spiro atoms. The van der Waals surface area contributed by atoms with Crippen LogP contribution in [0.15, 0.2) is 88.4 Å². The zero-order valence-corrected chi connectivity index (χ0v) is 23.3. The number of anilines is 1. The van der Waals surface area contributed by atoms with Crippen LogP contribution in [0, 0.1) is 5.41 Å². The van der Waals surface area contributed by atoms with Crippen LogP contribution in [0.5, 0.6) is 5.75 Å². The monoisotopic (exact) mass is 540 g/mol. The number of benzene rings is 2. The second-order valence-electron chi connectivity index (χ2n) is 10.8. The first-order chi connectivity index (χ1) is 19.1. The van der Waals surface area contributed by atoms with Crippen molar-refractivity contribution in [2.24, 2.45) is 16.1 Å². The number of pyridine rings is 1. The second kappa shape index (κ2) is 12.5. The van der Waals surface area contributed by atoms with Gasteiger partial charge in [0.1, 0.15) is 5.75 Å². The summed E-state index contributed by atoms with van der Waals surface area (Å²) in [5.74, 6) is 0.322. The van der Waals surface area contributed by atoms with E-state index in [2.05, 4.69) is 39.0 Å². The molecule has 0 aliphatic carbocycles. The van der Waals surface area contributed by atoms with Crippen molar-refractivity contribution in [2.75, 3.05) is 32.6 Å². The van der Waals surface area contributed by atoms with Crippen LogP contribution in [-0.2, 0) is 11.3 Å². The number of hydrogen-bond donors (Lipinski definition) is 4. The summed E-state index contributed by atoms with van der Waals surface area (Å²) in [5.41, 5.74) is 8.91. The number of nitrogens with zero attached hydrogens (tertiary/aromatic N) is 2. The molecule has 0 atom stereocenters. The molecule has 0 bridgehead atoms. The smallest absolute Gasteiger partial charge is 0.258 e. The number of H-pyrrole nitrogens is 2. The quantitative estimate of drug-likeness (QED) is 0.164. The Balaban J connectivity index is 1.47. The lowest BCUT2D eigenvalue weighted by atomic mass is 9.94. The molecule has 0 saturated carbocycles. The van der Waals surface area contributed by atoms with E-state index in [1.54, 1.807) is 6.07 Å². The van der Waals surface area contributed by atoms with Crippen molar-refractivity contribution >= 4 is 28.7 Å². The SMILES string of the molecule is CN(C)CC(C)(C)COc1ccc2[nH]c(-c3cc(NC(=O)/C(C=NCc4ccccc4)=C/N)c[nH]c3=O)cc2c1. The largest absolute Gasteiger partial charge is 0.493 e. The number of carbonyl (C=O) groups excluding carboxylic acids is 1. The molecule has 0 aliphatic heterocycles. The molecule has 40 heavy (non-hydrogen) atoms. The standard InChI is InChI=1S/C31H36N6O3/c1-31(2,19-37(3)4)20-40-25-10-11-27-22(12-25)13-28(36-27)26-14-24(18-34-30(26)39)35-29(38)23(15-32)17-33-16-21-8-6-5-7-9-21/h5-15,17-18,36H,16,19-20,32H2,1-4H3,(H,34,39)(H,35,38)/b23-15+,33-17?. The summed E-state index contributed by atoms with van der Waals surface area (Å²) in [4.78, 5) is 38.0. The summed E-state index contributed by atoms with van der Waals surface area (Å²) in [6.07, 6.45) is 4.09. The van der Waals surface area contributed by atoms with Crippen molar-refractivity contribution in [3.8, 4) is 17.0 Å². The van der Waals surface area contributed by atoms with Crippen LogP contribution in [-0.4, -0.2) is 54.2 Å². The van der Waals surface area contributed by atoms with Gasteiger partial charge in [0.2, 0.25) is 0 Å². The van der Waals surface area contributed by atoms with Crippen LogP contribution in [0.2, 0.25) is 0 Å². The van der Waals surface area contributed by atoms with E-state index in [-0.39, 0.29) is 16.5 Å². The third-order valence-electron chi connectivity index (χ3n) is 6.21. The third kappa shape index (κ3) is 7.48. The van der Waals surface area contributed by atoms with E-state index in [1.165, 1.54) is 18.6 Å². The highest BCUT2D eigenvalue weighted by molar-refractivity contribution is 6.17. The van der Waals surface area contributed by atoms with E-state index < -0.39 is 5.91 Å². The van der Waals surface area contributed by atoms with E-state index in [0.717, 1.165) is 28.8 Å². The van der Waals surface area contributed by atoms with Gasteiger partial charge < -0.3 is 30.7 Å². The van der Waals surface area contributed by atoms with Gasteiger partial charge in [-0.15, -0.1) is 0 Å². The van der Waals surface area contributed by atoms with Crippen LogP contribution < -0.4 is 21.3 Å². The lowest BCUT2D eigenvalue weighted by Gasteiger charge is -2.28. The molecule has 2 heterocycles. The zero-order valence-electron chi connectivity index (χ0n) is 23.3.